The van der Waals surface area contributed by atoms with Gasteiger partial charge in [-0.25, -0.2) is 0 Å². The van der Waals surface area contributed by atoms with Crippen molar-refractivity contribution in [3.05, 3.63) is 50.6 Å². The summed E-state index contributed by atoms with van der Waals surface area (Å²) >= 11 is 5.33. The second-order valence-electron chi connectivity index (χ2n) is 5.48. The minimum absolute atomic E-state index is 0.653. The van der Waals surface area contributed by atoms with E-state index in [4.69, 9.17) is 4.74 Å². The van der Waals surface area contributed by atoms with Crippen LogP contribution in [0.2, 0.25) is 0 Å². The van der Waals surface area contributed by atoms with E-state index in [1.165, 1.54) is 11.1 Å². The van der Waals surface area contributed by atoms with Crippen molar-refractivity contribution >= 4 is 27.3 Å². The third kappa shape index (κ3) is 5.46. The summed E-state index contributed by atoms with van der Waals surface area (Å²) in [6, 6.07) is 8.37. The van der Waals surface area contributed by atoms with Gasteiger partial charge in [-0.2, -0.15) is 11.3 Å². The molecular weight excluding hydrogens is 346 g/mol. The van der Waals surface area contributed by atoms with Crippen LogP contribution in [0.1, 0.15) is 25.0 Å². The van der Waals surface area contributed by atoms with E-state index in [9.17, 15) is 0 Å². The van der Waals surface area contributed by atoms with E-state index in [-0.39, 0.29) is 0 Å². The normalized spacial score (nSPS) is 11.0. The molecular formula is C17H22BrNOS. The lowest BCUT2D eigenvalue weighted by Gasteiger charge is -2.14. The first-order valence-corrected chi connectivity index (χ1v) is 9.02. The number of para-hydroxylation sites is 1. The van der Waals surface area contributed by atoms with Crippen molar-refractivity contribution in [2.75, 3.05) is 13.2 Å². The maximum absolute atomic E-state index is 6.02. The molecule has 1 heterocycles. The van der Waals surface area contributed by atoms with Crippen LogP contribution in [-0.2, 0) is 13.0 Å². The van der Waals surface area contributed by atoms with Crippen LogP contribution in [-0.4, -0.2) is 13.2 Å². The maximum Gasteiger partial charge on any atom is 0.137 e. The summed E-state index contributed by atoms with van der Waals surface area (Å²) in [6.45, 7) is 6.99. The lowest BCUT2D eigenvalue weighted by molar-refractivity contribution is 0.315. The highest BCUT2D eigenvalue weighted by molar-refractivity contribution is 9.10. The number of ether oxygens (including phenoxy) is 1. The Balaban J connectivity index is 1.93. The lowest BCUT2D eigenvalue weighted by Crippen LogP contribution is -2.19. The Hall–Kier alpha value is -0.840. The van der Waals surface area contributed by atoms with Gasteiger partial charge in [0.15, 0.2) is 0 Å². The molecule has 0 fully saturated rings. The van der Waals surface area contributed by atoms with Gasteiger partial charge in [-0.15, -0.1) is 0 Å². The van der Waals surface area contributed by atoms with Gasteiger partial charge in [-0.05, 0) is 56.8 Å². The van der Waals surface area contributed by atoms with E-state index in [0.717, 1.165) is 29.7 Å². The highest BCUT2D eigenvalue weighted by atomic mass is 79.9. The third-order valence-electron chi connectivity index (χ3n) is 3.13. The molecule has 0 amide bonds. The molecule has 114 valence electrons. The van der Waals surface area contributed by atoms with Crippen LogP contribution in [0.3, 0.4) is 0 Å². The Kier molecular flexibility index (Phi) is 6.74. The quantitative estimate of drug-likeness (QED) is 0.717. The zero-order valence-corrected chi connectivity index (χ0v) is 15.0. The Morgan fingerprint density at radius 2 is 2.14 bits per heavy atom. The number of rotatable bonds is 8. The molecule has 2 aromatic rings. The van der Waals surface area contributed by atoms with Crippen molar-refractivity contribution < 1.29 is 4.74 Å². The first-order chi connectivity index (χ1) is 10.2. The van der Waals surface area contributed by atoms with Crippen molar-refractivity contribution in [1.29, 1.82) is 0 Å². The highest BCUT2D eigenvalue weighted by Crippen LogP contribution is 2.29. The fraction of sp³-hybridized carbons (Fsp3) is 0.412. The molecule has 2 nitrogen and oxygen atoms in total. The van der Waals surface area contributed by atoms with Gasteiger partial charge in [0, 0.05) is 18.5 Å². The molecule has 0 atom stereocenters. The fourth-order valence-corrected chi connectivity index (χ4v) is 3.28. The molecule has 1 aromatic heterocycles. The SMILES string of the molecule is CC(C)CNCc1cccc(Br)c1OCCc1ccsc1. The second-order valence-corrected chi connectivity index (χ2v) is 7.12. The molecule has 0 saturated carbocycles. The molecule has 0 spiro atoms. The van der Waals surface area contributed by atoms with Crippen molar-refractivity contribution in [3.63, 3.8) is 0 Å². The number of hydrogen-bond acceptors (Lipinski definition) is 3. The summed E-state index contributed by atoms with van der Waals surface area (Å²) in [5.74, 6) is 1.61. The van der Waals surface area contributed by atoms with Gasteiger partial charge in [0.05, 0.1) is 11.1 Å². The molecule has 0 unspecified atom stereocenters. The molecule has 0 radical (unpaired) electrons. The fourth-order valence-electron chi connectivity index (χ4n) is 2.06. The summed E-state index contributed by atoms with van der Waals surface area (Å²) in [4.78, 5) is 0. The van der Waals surface area contributed by atoms with Crippen LogP contribution in [0.25, 0.3) is 0 Å². The number of benzene rings is 1. The molecule has 0 saturated heterocycles. The van der Waals surface area contributed by atoms with E-state index in [1.807, 2.05) is 6.07 Å². The molecule has 1 N–H and O–H groups in total. The second kappa shape index (κ2) is 8.57. The average molecular weight is 368 g/mol. The van der Waals surface area contributed by atoms with Gasteiger partial charge < -0.3 is 10.1 Å². The average Bonchev–Trinajstić information content (AvgIpc) is 2.94. The largest absolute Gasteiger partial charge is 0.492 e. The molecule has 2 rings (SSSR count). The van der Waals surface area contributed by atoms with Gasteiger partial charge in [0.1, 0.15) is 5.75 Å². The van der Waals surface area contributed by atoms with Crippen molar-refractivity contribution in [2.45, 2.75) is 26.8 Å². The minimum Gasteiger partial charge on any atom is -0.492 e. The van der Waals surface area contributed by atoms with E-state index in [2.05, 4.69) is 64.1 Å². The van der Waals surface area contributed by atoms with Gasteiger partial charge in [0.25, 0.3) is 0 Å². The monoisotopic (exact) mass is 367 g/mol. The minimum atomic E-state index is 0.653. The van der Waals surface area contributed by atoms with Crippen molar-refractivity contribution in [3.8, 4) is 5.75 Å². The molecule has 0 bridgehead atoms. The predicted molar refractivity (Wildman–Crippen MR) is 94.2 cm³/mol. The zero-order valence-electron chi connectivity index (χ0n) is 12.6. The van der Waals surface area contributed by atoms with Gasteiger partial charge in [0.2, 0.25) is 0 Å². The number of halogens is 1. The molecule has 4 heteroatoms. The first-order valence-electron chi connectivity index (χ1n) is 7.29. The predicted octanol–water partition coefficient (Wildman–Crippen LogP) is 4.88. The molecule has 0 aliphatic rings. The Morgan fingerprint density at radius 3 is 2.86 bits per heavy atom. The topological polar surface area (TPSA) is 21.3 Å². The Morgan fingerprint density at radius 1 is 1.29 bits per heavy atom. The summed E-state index contributed by atoms with van der Waals surface area (Å²) < 4.78 is 7.04. The molecule has 1 aromatic carbocycles. The first kappa shape index (κ1) is 16.5. The van der Waals surface area contributed by atoms with Crippen LogP contribution < -0.4 is 10.1 Å². The molecule has 21 heavy (non-hydrogen) atoms. The van der Waals surface area contributed by atoms with E-state index in [0.29, 0.717) is 12.5 Å². The van der Waals surface area contributed by atoms with Gasteiger partial charge >= 0.3 is 0 Å². The number of thiophene rings is 1. The van der Waals surface area contributed by atoms with Crippen molar-refractivity contribution in [2.24, 2.45) is 5.92 Å². The van der Waals surface area contributed by atoms with Crippen LogP contribution in [0.5, 0.6) is 5.75 Å². The number of hydrogen-bond donors (Lipinski definition) is 1. The summed E-state index contributed by atoms with van der Waals surface area (Å²) in [5, 5.41) is 7.75. The van der Waals surface area contributed by atoms with Crippen LogP contribution in [0.15, 0.2) is 39.5 Å². The lowest BCUT2D eigenvalue weighted by atomic mass is 10.1. The maximum atomic E-state index is 6.02. The van der Waals surface area contributed by atoms with E-state index in [1.54, 1.807) is 11.3 Å². The van der Waals surface area contributed by atoms with Crippen molar-refractivity contribution in [1.82, 2.24) is 5.32 Å². The van der Waals surface area contributed by atoms with Crippen LogP contribution >= 0.6 is 27.3 Å². The Labute approximate surface area is 139 Å². The molecule has 0 aliphatic carbocycles. The van der Waals surface area contributed by atoms with E-state index < -0.39 is 0 Å². The van der Waals surface area contributed by atoms with Crippen LogP contribution in [0.4, 0.5) is 0 Å². The smallest absolute Gasteiger partial charge is 0.137 e. The third-order valence-corrected chi connectivity index (χ3v) is 4.49. The van der Waals surface area contributed by atoms with Crippen LogP contribution in [0, 0.1) is 5.92 Å². The zero-order chi connectivity index (χ0) is 15.1. The summed E-state index contributed by atoms with van der Waals surface area (Å²) in [7, 11) is 0. The van der Waals surface area contributed by atoms with E-state index >= 15 is 0 Å². The standard InChI is InChI=1S/C17H22BrNOS/c1-13(2)10-19-11-15-4-3-5-16(18)17(15)20-8-6-14-7-9-21-12-14/h3-5,7,9,12-13,19H,6,8,10-11H2,1-2H3. The highest BCUT2D eigenvalue weighted by Gasteiger charge is 2.08. The summed E-state index contributed by atoms with van der Waals surface area (Å²) in [6.07, 6.45) is 0.948. The molecule has 0 aliphatic heterocycles. The number of nitrogens with one attached hydrogen (secondary N) is 1. The van der Waals surface area contributed by atoms with Gasteiger partial charge in [-0.1, -0.05) is 26.0 Å². The Bertz CT molecular complexity index is 540. The van der Waals surface area contributed by atoms with Gasteiger partial charge in [-0.3, -0.25) is 0 Å². The summed E-state index contributed by atoms with van der Waals surface area (Å²) in [5.41, 5.74) is 2.54.